The molecule has 4 heteroatoms. The van der Waals surface area contributed by atoms with E-state index >= 15 is 0 Å². The number of nitrogens with one attached hydrogen (secondary N) is 1. The highest BCUT2D eigenvalue weighted by atomic mass is 16.4. The van der Waals surface area contributed by atoms with Crippen LogP contribution in [-0.4, -0.2) is 21.0 Å². The second-order valence-electron chi connectivity index (χ2n) is 2.81. The van der Waals surface area contributed by atoms with Crippen LogP contribution >= 0.6 is 0 Å². The Hall–Kier alpha value is -1.32. The fourth-order valence-electron chi connectivity index (χ4n) is 1.02. The average Bonchev–Trinajstić information content (AvgIpc) is 2.51. The molecule has 2 N–H and O–H groups in total. The fourth-order valence-corrected chi connectivity index (χ4v) is 1.02. The lowest BCUT2D eigenvalue weighted by molar-refractivity contribution is -0.137. The largest absolute Gasteiger partial charge is 0.481 e. The van der Waals surface area contributed by atoms with Gasteiger partial charge in [-0.25, -0.2) is 4.98 Å². The standard InChI is InChI=1S/C8H12N2O2/c1-6(2-3-7(11)12)8-9-4-5-10-8/h4-6H,2-3H2,1H3,(H,9,10)(H,11,12). The molecule has 0 radical (unpaired) electrons. The molecule has 1 aromatic rings. The van der Waals surface area contributed by atoms with Gasteiger partial charge in [-0.15, -0.1) is 0 Å². The number of aromatic amines is 1. The number of H-pyrrole nitrogens is 1. The van der Waals surface area contributed by atoms with Crippen molar-refractivity contribution in [3.63, 3.8) is 0 Å². The predicted octanol–water partition coefficient (Wildman–Crippen LogP) is 1.38. The number of imidazole rings is 1. The molecule has 0 saturated heterocycles. The van der Waals surface area contributed by atoms with E-state index < -0.39 is 5.97 Å². The number of carboxylic acids is 1. The second kappa shape index (κ2) is 3.90. The fraction of sp³-hybridized carbons (Fsp3) is 0.500. The molecule has 12 heavy (non-hydrogen) atoms. The SMILES string of the molecule is CC(CCC(=O)O)c1ncc[nH]1. The normalized spacial score (nSPS) is 12.8. The zero-order chi connectivity index (χ0) is 8.97. The van der Waals surface area contributed by atoms with Crippen LogP contribution in [0.2, 0.25) is 0 Å². The van der Waals surface area contributed by atoms with Gasteiger partial charge in [0.15, 0.2) is 0 Å². The number of hydrogen-bond donors (Lipinski definition) is 2. The monoisotopic (exact) mass is 168 g/mol. The quantitative estimate of drug-likeness (QED) is 0.713. The van der Waals surface area contributed by atoms with Gasteiger partial charge in [0.05, 0.1) is 0 Å². The maximum atomic E-state index is 10.2. The molecule has 4 nitrogen and oxygen atoms in total. The van der Waals surface area contributed by atoms with Crippen molar-refractivity contribution in [2.24, 2.45) is 0 Å². The van der Waals surface area contributed by atoms with E-state index in [0.717, 1.165) is 5.82 Å². The molecular formula is C8H12N2O2. The van der Waals surface area contributed by atoms with Gasteiger partial charge in [0.2, 0.25) is 0 Å². The summed E-state index contributed by atoms with van der Waals surface area (Å²) < 4.78 is 0. The Labute approximate surface area is 70.6 Å². The Morgan fingerprint density at radius 2 is 2.58 bits per heavy atom. The highest BCUT2D eigenvalue weighted by molar-refractivity contribution is 5.66. The summed E-state index contributed by atoms with van der Waals surface area (Å²) in [7, 11) is 0. The molecule has 66 valence electrons. The van der Waals surface area contributed by atoms with Gasteiger partial charge in [0, 0.05) is 24.7 Å². The molecule has 1 unspecified atom stereocenters. The Balaban J connectivity index is 2.39. The van der Waals surface area contributed by atoms with Crippen LogP contribution in [0.15, 0.2) is 12.4 Å². The third-order valence-electron chi connectivity index (χ3n) is 1.78. The first-order chi connectivity index (χ1) is 5.70. The van der Waals surface area contributed by atoms with Gasteiger partial charge in [-0.1, -0.05) is 6.92 Å². The summed E-state index contributed by atoms with van der Waals surface area (Å²) in [5, 5.41) is 8.43. The molecule has 0 saturated carbocycles. The number of hydrogen-bond acceptors (Lipinski definition) is 2. The molecule has 0 amide bonds. The zero-order valence-electron chi connectivity index (χ0n) is 6.95. The minimum absolute atomic E-state index is 0.191. The highest BCUT2D eigenvalue weighted by Gasteiger charge is 2.09. The van der Waals surface area contributed by atoms with Crippen LogP contribution < -0.4 is 0 Å². The number of carboxylic acid groups (broad SMARTS) is 1. The minimum Gasteiger partial charge on any atom is -0.481 e. The summed E-state index contributed by atoms with van der Waals surface area (Å²) in [5.41, 5.74) is 0. The van der Waals surface area contributed by atoms with Gasteiger partial charge >= 0.3 is 5.97 Å². The topological polar surface area (TPSA) is 66.0 Å². The molecular weight excluding hydrogens is 156 g/mol. The molecule has 0 spiro atoms. The lowest BCUT2D eigenvalue weighted by Gasteiger charge is -2.04. The van der Waals surface area contributed by atoms with E-state index in [1.165, 1.54) is 0 Å². The van der Waals surface area contributed by atoms with Crippen molar-refractivity contribution >= 4 is 5.97 Å². The van der Waals surface area contributed by atoms with Crippen LogP contribution in [0.3, 0.4) is 0 Å². The summed E-state index contributed by atoms with van der Waals surface area (Å²) in [5.74, 6) is 0.292. The van der Waals surface area contributed by atoms with Crippen molar-refractivity contribution in [3.05, 3.63) is 18.2 Å². The Morgan fingerprint density at radius 3 is 3.08 bits per heavy atom. The molecule has 0 aliphatic carbocycles. The average molecular weight is 168 g/mol. The van der Waals surface area contributed by atoms with Crippen LogP contribution in [0.25, 0.3) is 0 Å². The van der Waals surface area contributed by atoms with Gasteiger partial charge in [-0.2, -0.15) is 0 Å². The van der Waals surface area contributed by atoms with Gasteiger partial charge < -0.3 is 10.1 Å². The summed E-state index contributed by atoms with van der Waals surface area (Å²) in [6.45, 7) is 1.96. The molecule has 0 bridgehead atoms. The first-order valence-corrected chi connectivity index (χ1v) is 3.91. The maximum absolute atomic E-state index is 10.2. The van der Waals surface area contributed by atoms with Crippen molar-refractivity contribution in [2.75, 3.05) is 0 Å². The van der Waals surface area contributed by atoms with E-state index in [4.69, 9.17) is 5.11 Å². The molecule has 0 aliphatic rings. The van der Waals surface area contributed by atoms with Crippen LogP contribution in [0, 0.1) is 0 Å². The first-order valence-electron chi connectivity index (χ1n) is 3.91. The lowest BCUT2D eigenvalue weighted by atomic mass is 10.1. The van der Waals surface area contributed by atoms with Crippen LogP contribution in [0.5, 0.6) is 0 Å². The zero-order valence-corrected chi connectivity index (χ0v) is 6.95. The van der Waals surface area contributed by atoms with E-state index in [9.17, 15) is 4.79 Å². The predicted molar refractivity (Wildman–Crippen MR) is 43.9 cm³/mol. The summed E-state index contributed by atoms with van der Waals surface area (Å²) >= 11 is 0. The van der Waals surface area contributed by atoms with Crippen molar-refractivity contribution in [1.29, 1.82) is 0 Å². The maximum Gasteiger partial charge on any atom is 0.303 e. The van der Waals surface area contributed by atoms with E-state index in [-0.39, 0.29) is 12.3 Å². The molecule has 1 atom stereocenters. The van der Waals surface area contributed by atoms with Gasteiger partial charge in [0.1, 0.15) is 5.82 Å². The Bertz CT molecular complexity index is 244. The van der Waals surface area contributed by atoms with Crippen molar-refractivity contribution in [2.45, 2.75) is 25.7 Å². The Morgan fingerprint density at radius 1 is 1.83 bits per heavy atom. The van der Waals surface area contributed by atoms with Crippen LogP contribution in [-0.2, 0) is 4.79 Å². The molecule has 0 aromatic carbocycles. The van der Waals surface area contributed by atoms with Crippen LogP contribution in [0.4, 0.5) is 0 Å². The summed E-state index contributed by atoms with van der Waals surface area (Å²) in [6, 6.07) is 0. The summed E-state index contributed by atoms with van der Waals surface area (Å²) in [6.07, 6.45) is 4.24. The van der Waals surface area contributed by atoms with Gasteiger partial charge in [-0.05, 0) is 6.42 Å². The number of aliphatic carboxylic acids is 1. The van der Waals surface area contributed by atoms with E-state index in [2.05, 4.69) is 9.97 Å². The van der Waals surface area contributed by atoms with Gasteiger partial charge in [-0.3, -0.25) is 4.79 Å². The number of aromatic nitrogens is 2. The first kappa shape index (κ1) is 8.77. The molecule has 0 aliphatic heterocycles. The van der Waals surface area contributed by atoms with E-state index in [1.54, 1.807) is 12.4 Å². The van der Waals surface area contributed by atoms with Crippen LogP contribution in [0.1, 0.15) is 31.5 Å². The summed E-state index contributed by atoms with van der Waals surface area (Å²) in [4.78, 5) is 17.2. The molecule has 1 heterocycles. The van der Waals surface area contributed by atoms with Gasteiger partial charge in [0.25, 0.3) is 0 Å². The minimum atomic E-state index is -0.756. The third kappa shape index (κ3) is 2.38. The van der Waals surface area contributed by atoms with Crippen molar-refractivity contribution < 1.29 is 9.90 Å². The van der Waals surface area contributed by atoms with E-state index in [0.29, 0.717) is 6.42 Å². The second-order valence-corrected chi connectivity index (χ2v) is 2.81. The smallest absolute Gasteiger partial charge is 0.303 e. The van der Waals surface area contributed by atoms with Crippen molar-refractivity contribution in [1.82, 2.24) is 9.97 Å². The highest BCUT2D eigenvalue weighted by Crippen LogP contribution is 2.15. The lowest BCUT2D eigenvalue weighted by Crippen LogP contribution is -2.01. The number of nitrogens with zero attached hydrogens (tertiary/aromatic N) is 1. The molecule has 1 rings (SSSR count). The number of carbonyl (C=O) groups is 1. The third-order valence-corrected chi connectivity index (χ3v) is 1.78. The molecule has 0 fully saturated rings. The Kier molecular flexibility index (Phi) is 2.85. The van der Waals surface area contributed by atoms with E-state index in [1.807, 2.05) is 6.92 Å². The van der Waals surface area contributed by atoms with Crippen molar-refractivity contribution in [3.8, 4) is 0 Å². The molecule has 1 aromatic heterocycles. The number of rotatable bonds is 4.